The summed E-state index contributed by atoms with van der Waals surface area (Å²) in [6.07, 6.45) is 6.30. The minimum absolute atomic E-state index is 0.0128. The zero-order valence-electron chi connectivity index (χ0n) is 14.6. The molecule has 5 heteroatoms. The Balaban J connectivity index is 2.34. The number of quaternary nitrogens is 1. The van der Waals surface area contributed by atoms with Crippen LogP contribution in [0.2, 0.25) is 0 Å². The summed E-state index contributed by atoms with van der Waals surface area (Å²) in [4.78, 5) is 23.2. The van der Waals surface area contributed by atoms with Crippen molar-refractivity contribution in [2.24, 2.45) is 11.3 Å². The standard InChI is InChI=1S/C17H30N2O3/c1-17(2)12-13(17)15(20)18-14(16(21)22)10-8-6-7-9-11-19(3,4)5/h10,13H,6-9,11-12H2,1-5H3,(H-,18,20,21,22)/p+1/b14-10-. The number of carbonyl (C=O) groups excluding carboxylic acids is 1. The minimum Gasteiger partial charge on any atom is -0.477 e. The number of hydrogen-bond acceptors (Lipinski definition) is 2. The summed E-state index contributed by atoms with van der Waals surface area (Å²) < 4.78 is 0.948. The third-order valence-corrected chi connectivity index (χ3v) is 4.20. The van der Waals surface area contributed by atoms with E-state index in [2.05, 4.69) is 26.5 Å². The number of nitrogens with zero attached hydrogens (tertiary/aromatic N) is 1. The highest BCUT2D eigenvalue weighted by molar-refractivity contribution is 5.94. The predicted octanol–water partition coefficient (Wildman–Crippen LogP) is 2.38. The van der Waals surface area contributed by atoms with Gasteiger partial charge in [0.1, 0.15) is 5.70 Å². The Morgan fingerprint density at radius 1 is 1.23 bits per heavy atom. The van der Waals surface area contributed by atoms with Crippen LogP contribution in [-0.4, -0.2) is 49.2 Å². The highest BCUT2D eigenvalue weighted by Crippen LogP contribution is 2.51. The van der Waals surface area contributed by atoms with Crippen LogP contribution in [0.15, 0.2) is 11.8 Å². The number of amides is 1. The predicted molar refractivity (Wildman–Crippen MR) is 87.1 cm³/mol. The molecule has 126 valence electrons. The topological polar surface area (TPSA) is 66.4 Å². The SMILES string of the molecule is CC1(C)CC1C(=O)N/C(=C\CCCCC[N+](C)(C)C)C(=O)O. The molecule has 0 aromatic heterocycles. The average Bonchev–Trinajstić information content (AvgIpc) is 2.99. The molecule has 1 amide bonds. The van der Waals surface area contributed by atoms with Gasteiger partial charge in [0.05, 0.1) is 27.7 Å². The Bertz CT molecular complexity index is 447. The molecule has 1 saturated carbocycles. The summed E-state index contributed by atoms with van der Waals surface area (Å²) in [5, 5.41) is 11.7. The monoisotopic (exact) mass is 311 g/mol. The first kappa shape index (κ1) is 18.7. The Hall–Kier alpha value is -1.36. The van der Waals surface area contributed by atoms with Gasteiger partial charge in [-0.3, -0.25) is 4.79 Å². The number of allylic oxidation sites excluding steroid dienone is 1. The molecule has 22 heavy (non-hydrogen) atoms. The molecule has 0 heterocycles. The third-order valence-electron chi connectivity index (χ3n) is 4.20. The lowest BCUT2D eigenvalue weighted by Gasteiger charge is -2.23. The second-order valence-corrected chi connectivity index (χ2v) is 8.02. The summed E-state index contributed by atoms with van der Waals surface area (Å²) in [5.74, 6) is -1.28. The average molecular weight is 311 g/mol. The largest absolute Gasteiger partial charge is 0.477 e. The van der Waals surface area contributed by atoms with Crippen molar-refractivity contribution in [2.75, 3.05) is 27.7 Å². The van der Waals surface area contributed by atoms with Gasteiger partial charge >= 0.3 is 5.97 Å². The van der Waals surface area contributed by atoms with Gasteiger partial charge in [0.15, 0.2) is 0 Å². The van der Waals surface area contributed by atoms with Gasteiger partial charge in [-0.15, -0.1) is 0 Å². The van der Waals surface area contributed by atoms with Crippen LogP contribution < -0.4 is 5.32 Å². The fourth-order valence-corrected chi connectivity index (χ4v) is 2.48. The molecule has 0 saturated heterocycles. The summed E-state index contributed by atoms with van der Waals surface area (Å²) in [7, 11) is 6.49. The Kier molecular flexibility index (Phi) is 6.17. The highest BCUT2D eigenvalue weighted by Gasteiger charge is 2.50. The van der Waals surface area contributed by atoms with E-state index < -0.39 is 5.97 Å². The molecular formula is C17H31N2O3+. The van der Waals surface area contributed by atoms with Crippen LogP contribution in [0.4, 0.5) is 0 Å². The van der Waals surface area contributed by atoms with Gasteiger partial charge in [-0.05, 0) is 37.5 Å². The van der Waals surface area contributed by atoms with Gasteiger partial charge in [-0.2, -0.15) is 0 Å². The number of carboxylic acids is 1. The van der Waals surface area contributed by atoms with Gasteiger partial charge < -0.3 is 14.9 Å². The first-order valence-corrected chi connectivity index (χ1v) is 8.08. The molecule has 0 aromatic carbocycles. The first-order chi connectivity index (χ1) is 10.0. The molecule has 0 spiro atoms. The van der Waals surface area contributed by atoms with E-state index >= 15 is 0 Å². The molecule has 1 unspecified atom stereocenters. The second kappa shape index (κ2) is 7.27. The molecule has 1 rings (SSSR count). The van der Waals surface area contributed by atoms with E-state index in [0.717, 1.165) is 36.7 Å². The summed E-state index contributed by atoms with van der Waals surface area (Å²) in [5.41, 5.74) is 0.0399. The van der Waals surface area contributed by atoms with Crippen molar-refractivity contribution in [3.05, 3.63) is 11.8 Å². The fourth-order valence-electron chi connectivity index (χ4n) is 2.48. The third kappa shape index (κ3) is 6.60. The van der Waals surface area contributed by atoms with E-state index in [9.17, 15) is 14.7 Å². The summed E-state index contributed by atoms with van der Waals surface area (Å²) in [6.45, 7) is 5.16. The van der Waals surface area contributed by atoms with Crippen LogP contribution in [0.5, 0.6) is 0 Å². The molecule has 1 atom stereocenters. The van der Waals surface area contributed by atoms with E-state index in [0.29, 0.717) is 6.42 Å². The van der Waals surface area contributed by atoms with Gasteiger partial charge in [0.2, 0.25) is 5.91 Å². The van der Waals surface area contributed by atoms with Crippen molar-refractivity contribution in [3.8, 4) is 0 Å². The molecule has 0 bridgehead atoms. The smallest absolute Gasteiger partial charge is 0.352 e. The van der Waals surface area contributed by atoms with E-state index in [1.807, 2.05) is 13.8 Å². The van der Waals surface area contributed by atoms with Crippen molar-refractivity contribution in [1.82, 2.24) is 5.32 Å². The molecule has 1 aliphatic carbocycles. The maximum absolute atomic E-state index is 12.0. The molecule has 0 aliphatic heterocycles. The number of nitrogens with one attached hydrogen (secondary N) is 1. The zero-order valence-corrected chi connectivity index (χ0v) is 14.6. The van der Waals surface area contributed by atoms with Crippen molar-refractivity contribution in [3.63, 3.8) is 0 Å². The van der Waals surface area contributed by atoms with Gasteiger partial charge in [-0.1, -0.05) is 19.9 Å². The molecule has 0 aromatic rings. The number of hydrogen-bond donors (Lipinski definition) is 2. The van der Waals surface area contributed by atoms with E-state index in [1.54, 1.807) is 6.08 Å². The van der Waals surface area contributed by atoms with Crippen LogP contribution in [0.3, 0.4) is 0 Å². The first-order valence-electron chi connectivity index (χ1n) is 8.08. The van der Waals surface area contributed by atoms with Gasteiger partial charge in [-0.25, -0.2) is 4.79 Å². The normalized spacial score (nSPS) is 20.6. The molecule has 1 fully saturated rings. The van der Waals surface area contributed by atoms with E-state index in [1.165, 1.54) is 0 Å². The van der Waals surface area contributed by atoms with Crippen molar-refractivity contribution in [2.45, 2.75) is 46.0 Å². The van der Waals surface area contributed by atoms with Crippen LogP contribution in [-0.2, 0) is 9.59 Å². The molecular weight excluding hydrogens is 280 g/mol. The lowest BCUT2D eigenvalue weighted by molar-refractivity contribution is -0.870. The lowest BCUT2D eigenvalue weighted by Crippen LogP contribution is -2.35. The molecule has 0 radical (unpaired) electrons. The highest BCUT2D eigenvalue weighted by atomic mass is 16.4. The van der Waals surface area contributed by atoms with Crippen LogP contribution >= 0.6 is 0 Å². The van der Waals surface area contributed by atoms with Gasteiger partial charge in [0.25, 0.3) is 0 Å². The van der Waals surface area contributed by atoms with Crippen molar-refractivity contribution >= 4 is 11.9 Å². The maximum Gasteiger partial charge on any atom is 0.352 e. The van der Waals surface area contributed by atoms with E-state index in [-0.39, 0.29) is 22.9 Å². The minimum atomic E-state index is -1.06. The Morgan fingerprint density at radius 2 is 1.82 bits per heavy atom. The van der Waals surface area contributed by atoms with Gasteiger partial charge in [0, 0.05) is 5.92 Å². The Labute approximate surface area is 134 Å². The lowest BCUT2D eigenvalue weighted by atomic mass is 10.1. The summed E-state index contributed by atoms with van der Waals surface area (Å²) in [6, 6.07) is 0. The molecule has 5 nitrogen and oxygen atoms in total. The fraction of sp³-hybridized carbons (Fsp3) is 0.765. The van der Waals surface area contributed by atoms with Crippen LogP contribution in [0.1, 0.15) is 46.0 Å². The van der Waals surface area contributed by atoms with Crippen LogP contribution in [0.25, 0.3) is 0 Å². The van der Waals surface area contributed by atoms with Crippen molar-refractivity contribution < 1.29 is 19.2 Å². The maximum atomic E-state index is 12.0. The molecule has 2 N–H and O–H groups in total. The number of carboxylic acid groups (broad SMARTS) is 1. The van der Waals surface area contributed by atoms with E-state index in [4.69, 9.17) is 0 Å². The number of unbranched alkanes of at least 4 members (excludes halogenated alkanes) is 3. The number of rotatable bonds is 9. The quantitative estimate of drug-likeness (QED) is 0.390. The zero-order chi connectivity index (χ0) is 17.0. The second-order valence-electron chi connectivity index (χ2n) is 8.02. The number of aliphatic carboxylic acids is 1. The van der Waals surface area contributed by atoms with Crippen molar-refractivity contribution in [1.29, 1.82) is 0 Å². The Morgan fingerprint density at radius 3 is 2.27 bits per heavy atom. The summed E-state index contributed by atoms with van der Waals surface area (Å²) >= 11 is 0. The number of carbonyl (C=O) groups is 2. The van der Waals surface area contributed by atoms with Crippen LogP contribution in [0, 0.1) is 11.3 Å². The molecule has 1 aliphatic rings.